The van der Waals surface area contributed by atoms with Crippen LogP contribution >= 0.6 is 0 Å². The second-order valence-corrected chi connectivity index (χ2v) is 4.76. The molecule has 4 nitrogen and oxygen atoms in total. The summed E-state index contributed by atoms with van der Waals surface area (Å²) in [5.41, 5.74) is 3.16. The number of rotatable bonds is 3. The molecule has 1 heterocycles. The van der Waals surface area contributed by atoms with Crippen molar-refractivity contribution in [2.45, 2.75) is 6.42 Å². The number of cyclic esters (lactones) is 1. The van der Waals surface area contributed by atoms with Gasteiger partial charge in [0.1, 0.15) is 0 Å². The second kappa shape index (κ2) is 5.63. The predicted octanol–water partition coefficient (Wildman–Crippen LogP) is 2.88. The SMILES string of the molecule is O=C1NC(=O)C(=Cc2cccc(Cc3ccccc3)c2)O1. The molecule has 2 aromatic carbocycles. The molecule has 0 unspecified atom stereocenters. The average molecular weight is 279 g/mol. The summed E-state index contributed by atoms with van der Waals surface area (Å²) in [6.07, 6.45) is 1.64. The number of amides is 2. The molecule has 2 amide bonds. The van der Waals surface area contributed by atoms with Gasteiger partial charge in [-0.05, 0) is 29.2 Å². The molecule has 1 fully saturated rings. The van der Waals surface area contributed by atoms with Crippen molar-refractivity contribution >= 4 is 18.1 Å². The summed E-state index contributed by atoms with van der Waals surface area (Å²) in [4.78, 5) is 22.4. The highest BCUT2D eigenvalue weighted by atomic mass is 16.6. The van der Waals surface area contributed by atoms with Crippen molar-refractivity contribution in [3.63, 3.8) is 0 Å². The smallest absolute Gasteiger partial charge is 0.404 e. The van der Waals surface area contributed by atoms with Gasteiger partial charge in [0.2, 0.25) is 0 Å². The summed E-state index contributed by atoms with van der Waals surface area (Å²) in [7, 11) is 0. The van der Waals surface area contributed by atoms with Crippen LogP contribution in [0.3, 0.4) is 0 Å². The molecule has 1 aliphatic rings. The van der Waals surface area contributed by atoms with Crippen LogP contribution in [0.15, 0.2) is 60.4 Å². The largest absolute Gasteiger partial charge is 0.419 e. The van der Waals surface area contributed by atoms with Crippen LogP contribution in [0.25, 0.3) is 6.08 Å². The Bertz CT molecular complexity index is 720. The number of carbonyl (C=O) groups excluding carboxylic acids is 2. The molecule has 0 spiro atoms. The van der Waals surface area contributed by atoms with Gasteiger partial charge in [0.25, 0.3) is 5.91 Å². The summed E-state index contributed by atoms with van der Waals surface area (Å²) >= 11 is 0. The summed E-state index contributed by atoms with van der Waals surface area (Å²) in [6.45, 7) is 0. The zero-order valence-corrected chi connectivity index (χ0v) is 11.2. The van der Waals surface area contributed by atoms with E-state index >= 15 is 0 Å². The highest BCUT2D eigenvalue weighted by Crippen LogP contribution is 2.16. The molecule has 1 saturated heterocycles. The highest BCUT2D eigenvalue weighted by Gasteiger charge is 2.25. The lowest BCUT2D eigenvalue weighted by atomic mass is 10.0. The highest BCUT2D eigenvalue weighted by molar-refractivity contribution is 6.09. The average Bonchev–Trinajstić information content (AvgIpc) is 2.78. The maximum atomic E-state index is 11.4. The van der Waals surface area contributed by atoms with Gasteiger partial charge in [-0.15, -0.1) is 0 Å². The van der Waals surface area contributed by atoms with Crippen LogP contribution in [0.5, 0.6) is 0 Å². The van der Waals surface area contributed by atoms with Crippen molar-refractivity contribution in [3.8, 4) is 0 Å². The first kappa shape index (κ1) is 13.1. The molecule has 3 rings (SSSR count). The van der Waals surface area contributed by atoms with E-state index in [1.807, 2.05) is 42.5 Å². The molecule has 0 radical (unpaired) electrons. The van der Waals surface area contributed by atoms with Crippen molar-refractivity contribution < 1.29 is 14.3 Å². The van der Waals surface area contributed by atoms with Crippen molar-refractivity contribution in [1.82, 2.24) is 5.32 Å². The number of carbonyl (C=O) groups is 2. The van der Waals surface area contributed by atoms with Crippen LogP contribution in [0.1, 0.15) is 16.7 Å². The third-order valence-corrected chi connectivity index (χ3v) is 3.14. The van der Waals surface area contributed by atoms with Gasteiger partial charge in [0.15, 0.2) is 5.76 Å². The number of hydrogen-bond acceptors (Lipinski definition) is 3. The molecule has 21 heavy (non-hydrogen) atoms. The molecular weight excluding hydrogens is 266 g/mol. The maximum Gasteiger partial charge on any atom is 0.419 e. The molecule has 1 aliphatic heterocycles. The summed E-state index contributed by atoms with van der Waals surface area (Å²) in [6, 6.07) is 17.9. The fraction of sp³-hybridized carbons (Fsp3) is 0.0588. The molecule has 0 bridgehead atoms. The van der Waals surface area contributed by atoms with Gasteiger partial charge < -0.3 is 4.74 Å². The maximum absolute atomic E-state index is 11.4. The summed E-state index contributed by atoms with van der Waals surface area (Å²) in [5.74, 6) is -0.481. The van der Waals surface area contributed by atoms with Crippen LogP contribution in [0.4, 0.5) is 4.79 Å². The number of benzene rings is 2. The Morgan fingerprint density at radius 1 is 0.952 bits per heavy atom. The second-order valence-electron chi connectivity index (χ2n) is 4.76. The van der Waals surface area contributed by atoms with Gasteiger partial charge in [-0.3, -0.25) is 10.1 Å². The van der Waals surface area contributed by atoms with Crippen LogP contribution in [0.2, 0.25) is 0 Å². The fourth-order valence-electron chi connectivity index (χ4n) is 2.20. The first-order chi connectivity index (χ1) is 10.2. The Kier molecular flexibility index (Phi) is 3.51. The van der Waals surface area contributed by atoms with E-state index in [1.54, 1.807) is 6.08 Å². The van der Waals surface area contributed by atoms with Gasteiger partial charge in [-0.1, -0.05) is 54.6 Å². The van der Waals surface area contributed by atoms with E-state index in [2.05, 4.69) is 17.4 Å². The lowest BCUT2D eigenvalue weighted by molar-refractivity contribution is -0.116. The van der Waals surface area contributed by atoms with E-state index in [9.17, 15) is 9.59 Å². The Morgan fingerprint density at radius 3 is 2.43 bits per heavy atom. The third kappa shape index (κ3) is 3.17. The topological polar surface area (TPSA) is 55.4 Å². The minimum atomic E-state index is -0.730. The van der Waals surface area contributed by atoms with Crippen LogP contribution < -0.4 is 5.32 Å². The van der Waals surface area contributed by atoms with Crippen LogP contribution in [-0.2, 0) is 16.0 Å². The van der Waals surface area contributed by atoms with E-state index in [4.69, 9.17) is 4.74 Å². The van der Waals surface area contributed by atoms with Gasteiger partial charge in [-0.2, -0.15) is 0 Å². The number of hydrogen-bond donors (Lipinski definition) is 1. The van der Waals surface area contributed by atoms with E-state index in [1.165, 1.54) is 5.56 Å². The molecule has 2 aromatic rings. The predicted molar refractivity (Wildman–Crippen MR) is 78.3 cm³/mol. The molecule has 104 valence electrons. The first-order valence-electron chi connectivity index (χ1n) is 6.58. The third-order valence-electron chi connectivity index (χ3n) is 3.14. The Morgan fingerprint density at radius 2 is 1.71 bits per heavy atom. The molecule has 0 atom stereocenters. The number of ether oxygens (including phenoxy) is 1. The standard InChI is InChI=1S/C17H13NO3/c19-16-15(21-17(20)18-16)11-14-8-4-7-13(10-14)9-12-5-2-1-3-6-12/h1-8,10-11H,9H2,(H,18,19,20). The zero-order chi connectivity index (χ0) is 14.7. The monoisotopic (exact) mass is 279 g/mol. The minimum Gasteiger partial charge on any atom is -0.404 e. The first-order valence-corrected chi connectivity index (χ1v) is 6.58. The van der Waals surface area contributed by atoms with E-state index in [0.717, 1.165) is 17.5 Å². The van der Waals surface area contributed by atoms with Crippen molar-refractivity contribution in [2.75, 3.05) is 0 Å². The van der Waals surface area contributed by atoms with Crippen molar-refractivity contribution in [2.24, 2.45) is 0 Å². The van der Waals surface area contributed by atoms with Crippen LogP contribution in [-0.4, -0.2) is 12.0 Å². The summed E-state index contributed by atoms with van der Waals surface area (Å²) in [5, 5.41) is 2.07. The number of imide groups is 1. The van der Waals surface area contributed by atoms with Gasteiger partial charge in [-0.25, -0.2) is 4.79 Å². The van der Waals surface area contributed by atoms with E-state index < -0.39 is 12.0 Å². The van der Waals surface area contributed by atoms with Crippen molar-refractivity contribution in [3.05, 3.63) is 77.0 Å². The lowest BCUT2D eigenvalue weighted by Gasteiger charge is -2.03. The van der Waals surface area contributed by atoms with E-state index in [-0.39, 0.29) is 5.76 Å². The zero-order valence-electron chi connectivity index (χ0n) is 11.2. The normalized spacial score (nSPS) is 15.9. The van der Waals surface area contributed by atoms with Gasteiger partial charge >= 0.3 is 6.09 Å². The Labute approximate surface area is 122 Å². The number of alkyl carbamates (subject to hydrolysis) is 1. The van der Waals surface area contributed by atoms with Crippen molar-refractivity contribution in [1.29, 1.82) is 0 Å². The van der Waals surface area contributed by atoms with E-state index in [0.29, 0.717) is 0 Å². The van der Waals surface area contributed by atoms with Gasteiger partial charge in [0, 0.05) is 0 Å². The van der Waals surface area contributed by atoms with Gasteiger partial charge in [0.05, 0.1) is 0 Å². The fourth-order valence-corrected chi connectivity index (χ4v) is 2.20. The Hall–Kier alpha value is -2.88. The quantitative estimate of drug-likeness (QED) is 0.879. The molecule has 1 N–H and O–H groups in total. The summed E-state index contributed by atoms with van der Waals surface area (Å²) < 4.78 is 4.80. The molecular formula is C17H13NO3. The molecule has 4 heteroatoms. The Balaban J connectivity index is 1.82. The molecule has 0 saturated carbocycles. The van der Waals surface area contributed by atoms with Crippen LogP contribution in [0, 0.1) is 0 Å². The molecule has 0 aliphatic carbocycles. The molecule has 0 aromatic heterocycles. The lowest BCUT2D eigenvalue weighted by Crippen LogP contribution is -2.18. The minimum absolute atomic E-state index is 0.0249. The number of nitrogens with one attached hydrogen (secondary N) is 1.